The van der Waals surface area contributed by atoms with E-state index in [1.165, 1.54) is 0 Å². The molecule has 0 spiro atoms. The second-order valence-electron chi connectivity index (χ2n) is 9.94. The molecule has 1 rings (SSSR count). The number of amides is 3. The highest BCUT2D eigenvalue weighted by molar-refractivity contribution is 5.83. The number of carbonyl (C=O) groups is 9. The zero-order chi connectivity index (χ0) is 34.3. The second kappa shape index (κ2) is 18.7. The van der Waals surface area contributed by atoms with Crippen LogP contribution in [-0.2, 0) is 43.2 Å². The predicted octanol–water partition coefficient (Wildman–Crippen LogP) is -5.10. The van der Waals surface area contributed by atoms with Crippen molar-refractivity contribution in [3.63, 3.8) is 0 Å². The number of carboxylic acids is 6. The Morgan fingerprint density at radius 2 is 0.489 bits per heavy atom. The maximum atomic E-state index is 13.2. The summed E-state index contributed by atoms with van der Waals surface area (Å²) in [5, 5.41) is 54.5. The van der Waals surface area contributed by atoms with Crippen LogP contribution in [0.2, 0.25) is 0 Å². The van der Waals surface area contributed by atoms with E-state index in [4.69, 9.17) is 30.6 Å². The lowest BCUT2D eigenvalue weighted by molar-refractivity contribution is -0.146. The fraction of sp³-hybridized carbons (Fsp3) is 0.625. The van der Waals surface area contributed by atoms with Crippen LogP contribution in [-0.4, -0.2) is 212 Å². The zero-order valence-corrected chi connectivity index (χ0v) is 24.1. The molecule has 1 aliphatic rings. The molecule has 21 nitrogen and oxygen atoms in total. The minimum atomic E-state index is -1.40. The Kier molecular flexibility index (Phi) is 15.8. The van der Waals surface area contributed by atoms with Gasteiger partial charge in [0, 0.05) is 39.3 Å². The van der Waals surface area contributed by atoms with Gasteiger partial charge in [-0.15, -0.1) is 0 Å². The van der Waals surface area contributed by atoms with Gasteiger partial charge < -0.3 is 45.3 Å². The van der Waals surface area contributed by atoms with Gasteiger partial charge in [0.1, 0.15) is 0 Å². The number of hydrogen-bond acceptors (Lipinski definition) is 12. The van der Waals surface area contributed by atoms with E-state index >= 15 is 0 Å². The minimum Gasteiger partial charge on any atom is -0.480 e. The topological polar surface area (TPSA) is 294 Å². The first-order valence-electron chi connectivity index (χ1n) is 13.3. The third-order valence-corrected chi connectivity index (χ3v) is 6.21. The first-order chi connectivity index (χ1) is 21.0. The van der Waals surface area contributed by atoms with E-state index in [1.54, 1.807) is 0 Å². The van der Waals surface area contributed by atoms with Crippen molar-refractivity contribution in [1.29, 1.82) is 0 Å². The molecule has 252 valence electrons. The standard InChI is InChI=1S/C24H36N6O15/c31-16(7-25(10-19(34)35)11-20(36)37)28-1-2-29(17(32)8-26(12-21(38)39)13-22(40)41)5-6-30(4-3-28)18(33)9-27(14-23(42)43)15-24(44)45/h1-15H2,(H,34,35)(H,36,37)(H,38,39)(H,40,41)(H,42,43)(H,44,45). The Bertz CT molecular complexity index is 950. The van der Waals surface area contributed by atoms with E-state index < -0.39 is 112 Å². The molecule has 0 radical (unpaired) electrons. The highest BCUT2D eigenvalue weighted by Crippen LogP contribution is 2.06. The molecule has 1 saturated heterocycles. The molecule has 21 heteroatoms. The Balaban J connectivity index is 3.28. The van der Waals surface area contributed by atoms with Crippen LogP contribution in [0, 0.1) is 0 Å². The van der Waals surface area contributed by atoms with E-state index in [0.29, 0.717) is 0 Å². The summed E-state index contributed by atoms with van der Waals surface area (Å²) in [5.41, 5.74) is 0. The zero-order valence-electron chi connectivity index (χ0n) is 24.1. The molecule has 6 N–H and O–H groups in total. The highest BCUT2D eigenvalue weighted by atomic mass is 16.4. The SMILES string of the molecule is O=C(O)CN(CC(=O)O)CC(=O)N1CCN(C(=O)CN(CC(=O)O)CC(=O)O)CCN(C(=O)CN(CC(=O)O)CC(=O)O)CC1. The van der Waals surface area contributed by atoms with Gasteiger partial charge in [0.05, 0.1) is 58.9 Å². The summed E-state index contributed by atoms with van der Waals surface area (Å²) in [6.45, 7) is -7.83. The number of carbonyl (C=O) groups excluding carboxylic acids is 3. The lowest BCUT2D eigenvalue weighted by Gasteiger charge is -2.29. The summed E-state index contributed by atoms with van der Waals surface area (Å²) in [6, 6.07) is 0. The van der Waals surface area contributed by atoms with Crippen molar-refractivity contribution in [2.45, 2.75) is 0 Å². The van der Waals surface area contributed by atoms with Crippen LogP contribution >= 0.6 is 0 Å². The van der Waals surface area contributed by atoms with Crippen LogP contribution < -0.4 is 0 Å². The number of rotatable bonds is 18. The van der Waals surface area contributed by atoms with Crippen LogP contribution in [0.1, 0.15) is 0 Å². The van der Waals surface area contributed by atoms with E-state index in [1.807, 2.05) is 0 Å². The molecule has 1 aliphatic heterocycles. The molecule has 0 aromatic rings. The summed E-state index contributed by atoms with van der Waals surface area (Å²) in [7, 11) is 0. The van der Waals surface area contributed by atoms with Crippen molar-refractivity contribution in [1.82, 2.24) is 29.4 Å². The Hall–Kier alpha value is -4.89. The van der Waals surface area contributed by atoms with E-state index in [9.17, 15) is 43.2 Å². The van der Waals surface area contributed by atoms with E-state index in [0.717, 1.165) is 29.4 Å². The third kappa shape index (κ3) is 16.0. The smallest absolute Gasteiger partial charge is 0.317 e. The van der Waals surface area contributed by atoms with Crippen LogP contribution in [0.3, 0.4) is 0 Å². The van der Waals surface area contributed by atoms with Crippen LogP contribution in [0.25, 0.3) is 0 Å². The largest absolute Gasteiger partial charge is 0.480 e. The molecular weight excluding hydrogens is 612 g/mol. The van der Waals surface area contributed by atoms with Gasteiger partial charge in [-0.05, 0) is 0 Å². The van der Waals surface area contributed by atoms with Crippen LogP contribution in [0.4, 0.5) is 0 Å². The van der Waals surface area contributed by atoms with Gasteiger partial charge in [0.25, 0.3) is 0 Å². The number of hydrogen-bond donors (Lipinski definition) is 6. The molecule has 1 fully saturated rings. The maximum Gasteiger partial charge on any atom is 0.317 e. The van der Waals surface area contributed by atoms with Gasteiger partial charge >= 0.3 is 35.8 Å². The van der Waals surface area contributed by atoms with Crippen molar-refractivity contribution >= 4 is 53.5 Å². The lowest BCUT2D eigenvalue weighted by Crippen LogP contribution is -2.49. The Labute approximate surface area is 255 Å². The van der Waals surface area contributed by atoms with Gasteiger partial charge in [-0.2, -0.15) is 0 Å². The van der Waals surface area contributed by atoms with E-state index in [-0.39, 0.29) is 39.3 Å². The molecule has 0 unspecified atom stereocenters. The summed E-state index contributed by atoms with van der Waals surface area (Å²) >= 11 is 0. The molecule has 0 aromatic carbocycles. The van der Waals surface area contributed by atoms with Gasteiger partial charge in [0.15, 0.2) is 0 Å². The summed E-state index contributed by atoms with van der Waals surface area (Å²) in [5.74, 6) is -10.7. The number of aliphatic carboxylic acids is 6. The van der Waals surface area contributed by atoms with Gasteiger partial charge in [-0.1, -0.05) is 0 Å². The van der Waals surface area contributed by atoms with Crippen LogP contribution in [0.15, 0.2) is 0 Å². The predicted molar refractivity (Wildman–Crippen MR) is 145 cm³/mol. The van der Waals surface area contributed by atoms with E-state index in [2.05, 4.69) is 0 Å². The normalized spacial score (nSPS) is 14.1. The third-order valence-electron chi connectivity index (χ3n) is 6.21. The van der Waals surface area contributed by atoms with Gasteiger partial charge in [0.2, 0.25) is 17.7 Å². The fourth-order valence-corrected chi connectivity index (χ4v) is 4.33. The summed E-state index contributed by atoms with van der Waals surface area (Å²) < 4.78 is 0. The molecule has 3 amide bonds. The van der Waals surface area contributed by atoms with Crippen molar-refractivity contribution in [2.75, 3.05) is 98.2 Å². The van der Waals surface area contributed by atoms with Crippen LogP contribution in [0.5, 0.6) is 0 Å². The van der Waals surface area contributed by atoms with Crippen molar-refractivity contribution in [2.24, 2.45) is 0 Å². The molecule has 0 aliphatic carbocycles. The van der Waals surface area contributed by atoms with Crippen molar-refractivity contribution < 1.29 is 73.8 Å². The minimum absolute atomic E-state index is 0.192. The Morgan fingerprint density at radius 3 is 0.622 bits per heavy atom. The summed E-state index contributed by atoms with van der Waals surface area (Å²) in [6.07, 6.45) is 0. The highest BCUT2D eigenvalue weighted by Gasteiger charge is 2.29. The first kappa shape index (κ1) is 38.1. The summed E-state index contributed by atoms with van der Waals surface area (Å²) in [4.78, 5) is 112. The molecule has 1 heterocycles. The monoisotopic (exact) mass is 648 g/mol. The Morgan fingerprint density at radius 1 is 0.333 bits per heavy atom. The molecule has 45 heavy (non-hydrogen) atoms. The molecule has 0 aromatic heterocycles. The fourth-order valence-electron chi connectivity index (χ4n) is 4.33. The molecule has 0 bridgehead atoms. The van der Waals surface area contributed by atoms with Gasteiger partial charge in [-0.3, -0.25) is 57.9 Å². The first-order valence-corrected chi connectivity index (χ1v) is 13.3. The molecule has 0 atom stereocenters. The van der Waals surface area contributed by atoms with Crippen molar-refractivity contribution in [3.8, 4) is 0 Å². The van der Waals surface area contributed by atoms with Gasteiger partial charge in [-0.25, -0.2) is 0 Å². The second-order valence-corrected chi connectivity index (χ2v) is 9.94. The number of nitrogens with zero attached hydrogens (tertiary/aromatic N) is 6. The lowest BCUT2D eigenvalue weighted by atomic mass is 10.3. The number of carboxylic acid groups (broad SMARTS) is 6. The maximum absolute atomic E-state index is 13.2. The van der Waals surface area contributed by atoms with Crippen molar-refractivity contribution in [3.05, 3.63) is 0 Å². The molecule has 0 saturated carbocycles. The average molecular weight is 649 g/mol. The average Bonchev–Trinajstić information content (AvgIpc) is 2.97. The quantitative estimate of drug-likeness (QED) is 0.0810. The molecular formula is C24H36N6O15.